The summed E-state index contributed by atoms with van der Waals surface area (Å²) in [5.74, 6) is 3.66. The van der Waals surface area contributed by atoms with E-state index in [9.17, 15) is 9.59 Å². The first-order chi connectivity index (χ1) is 8.75. The lowest BCUT2D eigenvalue weighted by atomic mass is 9.47. The summed E-state index contributed by atoms with van der Waals surface area (Å²) >= 11 is 0. The van der Waals surface area contributed by atoms with Crippen LogP contribution in [0.1, 0.15) is 12.8 Å². The van der Waals surface area contributed by atoms with Crippen molar-refractivity contribution < 1.29 is 9.59 Å². The van der Waals surface area contributed by atoms with Crippen LogP contribution in [-0.2, 0) is 9.59 Å². The van der Waals surface area contributed by atoms with Gasteiger partial charge in [-0.2, -0.15) is 0 Å². The van der Waals surface area contributed by atoms with Crippen molar-refractivity contribution >= 4 is 11.6 Å². The van der Waals surface area contributed by atoms with E-state index in [-0.39, 0.29) is 10.8 Å². The molecule has 0 aromatic heterocycles. The normalized spacial score (nSPS) is 67.8. The number of allylic oxidation sites excluding steroid dienone is 4. The number of carbonyl (C=O) groups excluding carboxylic acids is 2. The van der Waals surface area contributed by atoms with Gasteiger partial charge in [-0.1, -0.05) is 24.3 Å². The van der Waals surface area contributed by atoms with Crippen molar-refractivity contribution in [1.82, 2.24) is 0 Å². The number of ketones is 2. The van der Waals surface area contributed by atoms with Crippen LogP contribution in [-0.4, -0.2) is 11.6 Å². The van der Waals surface area contributed by atoms with Crippen molar-refractivity contribution in [2.45, 2.75) is 12.8 Å². The van der Waals surface area contributed by atoms with Gasteiger partial charge in [0.05, 0.1) is 10.8 Å². The van der Waals surface area contributed by atoms with Crippen LogP contribution in [0, 0.1) is 46.3 Å². The molecule has 4 atom stereocenters. The lowest BCUT2D eigenvalue weighted by Crippen LogP contribution is -2.60. The van der Waals surface area contributed by atoms with E-state index in [2.05, 4.69) is 24.3 Å². The average Bonchev–Trinajstić information content (AvgIpc) is 3.09. The van der Waals surface area contributed by atoms with Crippen LogP contribution in [0.5, 0.6) is 0 Å². The molecule has 0 heterocycles. The number of carbonyl (C=O) groups is 2. The molecule has 0 aromatic rings. The summed E-state index contributed by atoms with van der Waals surface area (Å²) in [5.41, 5.74) is -0.562. The van der Waals surface area contributed by atoms with Gasteiger partial charge in [-0.25, -0.2) is 0 Å². The second-order valence-corrected chi connectivity index (χ2v) is 7.11. The first-order valence-electron chi connectivity index (χ1n) is 7.19. The molecule has 0 radical (unpaired) electrons. The van der Waals surface area contributed by atoms with E-state index >= 15 is 0 Å². The van der Waals surface area contributed by atoms with Gasteiger partial charge in [0, 0.05) is 12.8 Å². The largest absolute Gasteiger partial charge is 0.299 e. The molecular weight excluding hydrogens is 224 g/mol. The lowest BCUT2D eigenvalue weighted by Gasteiger charge is -2.53. The quantitative estimate of drug-likeness (QED) is 0.603. The zero-order valence-corrected chi connectivity index (χ0v) is 10.0. The Morgan fingerprint density at radius 1 is 0.722 bits per heavy atom. The second kappa shape index (κ2) is 2.09. The number of rotatable bonds is 0. The van der Waals surface area contributed by atoms with Crippen LogP contribution in [0.25, 0.3) is 0 Å². The third kappa shape index (κ3) is 0.456. The molecule has 7 aliphatic carbocycles. The molecule has 0 saturated heterocycles. The third-order valence-corrected chi connectivity index (χ3v) is 7.44. The third-order valence-electron chi connectivity index (χ3n) is 7.44. The van der Waals surface area contributed by atoms with Crippen molar-refractivity contribution in [3.05, 3.63) is 24.3 Å². The fourth-order valence-corrected chi connectivity index (χ4v) is 7.61. The Balaban J connectivity index is 1.82. The second-order valence-electron chi connectivity index (χ2n) is 7.11. The monoisotopic (exact) mass is 238 g/mol. The zero-order chi connectivity index (χ0) is 11.9. The van der Waals surface area contributed by atoms with Crippen molar-refractivity contribution in [2.24, 2.45) is 46.3 Å². The summed E-state index contributed by atoms with van der Waals surface area (Å²) in [5, 5.41) is 0. The predicted molar refractivity (Wildman–Crippen MR) is 63.3 cm³/mol. The Kier molecular flexibility index (Phi) is 1.02. The molecule has 2 spiro atoms. The first kappa shape index (κ1) is 8.84. The molecule has 0 N–H and O–H groups in total. The van der Waals surface area contributed by atoms with Crippen LogP contribution in [0.4, 0.5) is 0 Å². The smallest absolute Gasteiger partial charge is 0.141 e. The van der Waals surface area contributed by atoms with Crippen molar-refractivity contribution in [1.29, 1.82) is 0 Å². The van der Waals surface area contributed by atoms with Gasteiger partial charge in [-0.15, -0.1) is 0 Å². The summed E-state index contributed by atoms with van der Waals surface area (Å²) in [4.78, 5) is 25.6. The van der Waals surface area contributed by atoms with E-state index in [1.54, 1.807) is 0 Å². The Morgan fingerprint density at radius 3 is 1.39 bits per heavy atom. The highest BCUT2D eigenvalue weighted by molar-refractivity contribution is 6.06. The van der Waals surface area contributed by atoms with Crippen molar-refractivity contribution in [3.63, 3.8) is 0 Å². The van der Waals surface area contributed by atoms with E-state index < -0.39 is 0 Å². The molecule has 7 aliphatic rings. The van der Waals surface area contributed by atoms with Gasteiger partial charge in [0.25, 0.3) is 0 Å². The zero-order valence-electron chi connectivity index (χ0n) is 10.0. The molecule has 4 unspecified atom stereocenters. The van der Waals surface area contributed by atoms with Crippen LogP contribution in [0.3, 0.4) is 0 Å². The SMILES string of the molecule is O=C1CCC(=O)C23C4C=CC5C4C4C(C=CC42)C153. The fraction of sp³-hybridized carbons (Fsp3) is 0.625. The molecule has 5 fully saturated rings. The van der Waals surface area contributed by atoms with Crippen LogP contribution in [0.2, 0.25) is 0 Å². The Hall–Kier alpha value is -1.18. The van der Waals surface area contributed by atoms with Crippen LogP contribution < -0.4 is 0 Å². The lowest BCUT2D eigenvalue weighted by molar-refractivity contribution is -0.159. The molecule has 0 aliphatic heterocycles. The van der Waals surface area contributed by atoms with E-state index in [0.717, 1.165) is 0 Å². The van der Waals surface area contributed by atoms with Gasteiger partial charge in [0.15, 0.2) is 0 Å². The molecule has 18 heavy (non-hydrogen) atoms. The molecule has 7 rings (SSSR count). The minimum Gasteiger partial charge on any atom is -0.299 e. The highest BCUT2D eigenvalue weighted by Crippen LogP contribution is 2.90. The molecular formula is C16H14O2. The molecule has 2 heteroatoms. The van der Waals surface area contributed by atoms with E-state index in [1.807, 2.05) is 0 Å². The maximum Gasteiger partial charge on any atom is 0.141 e. The fourth-order valence-electron chi connectivity index (χ4n) is 7.61. The first-order valence-corrected chi connectivity index (χ1v) is 7.19. The minimum atomic E-state index is -0.281. The van der Waals surface area contributed by atoms with E-state index in [4.69, 9.17) is 0 Å². The van der Waals surface area contributed by atoms with Gasteiger partial charge in [-0.05, 0) is 35.5 Å². The molecule has 0 amide bonds. The number of Topliss-reactive ketones (excluding diaryl/α,β-unsaturated/α-hetero) is 2. The summed E-state index contributed by atoms with van der Waals surface area (Å²) < 4.78 is 0. The van der Waals surface area contributed by atoms with Gasteiger partial charge in [0.2, 0.25) is 0 Å². The van der Waals surface area contributed by atoms with Crippen molar-refractivity contribution in [3.8, 4) is 0 Å². The summed E-state index contributed by atoms with van der Waals surface area (Å²) in [6.45, 7) is 0. The van der Waals surface area contributed by atoms with E-state index in [1.165, 1.54) is 0 Å². The molecule has 8 bridgehead atoms. The number of hydrogen-bond donors (Lipinski definition) is 0. The van der Waals surface area contributed by atoms with Gasteiger partial charge >= 0.3 is 0 Å². The summed E-state index contributed by atoms with van der Waals surface area (Å²) in [6.07, 6.45) is 10.2. The molecule has 5 saturated carbocycles. The van der Waals surface area contributed by atoms with Crippen LogP contribution >= 0.6 is 0 Å². The Labute approximate surface area is 105 Å². The van der Waals surface area contributed by atoms with Gasteiger partial charge in [0.1, 0.15) is 11.6 Å². The Morgan fingerprint density at radius 2 is 1.06 bits per heavy atom. The standard InChI is InChI=1S/C16H14O2/c17-11-5-6-12(18)16-8-2-1-7-13(8)14-9(15(7,11)16)3-4-10(14)16/h1-4,7-10,13-14H,5-6H2. The minimum absolute atomic E-state index is 0.281. The summed E-state index contributed by atoms with van der Waals surface area (Å²) in [6, 6.07) is 0. The predicted octanol–water partition coefficient (Wildman–Crippen LogP) is 1.77. The highest BCUT2D eigenvalue weighted by atomic mass is 16.1. The molecule has 0 aromatic carbocycles. The van der Waals surface area contributed by atoms with Gasteiger partial charge < -0.3 is 0 Å². The van der Waals surface area contributed by atoms with Crippen LogP contribution in [0.15, 0.2) is 24.3 Å². The number of hydrogen-bond acceptors (Lipinski definition) is 2. The highest BCUT2D eigenvalue weighted by Gasteiger charge is 2.92. The average molecular weight is 238 g/mol. The van der Waals surface area contributed by atoms with Crippen molar-refractivity contribution in [2.75, 3.05) is 0 Å². The topological polar surface area (TPSA) is 34.1 Å². The molecule has 2 nitrogen and oxygen atoms in total. The summed E-state index contributed by atoms with van der Waals surface area (Å²) in [7, 11) is 0. The van der Waals surface area contributed by atoms with E-state index in [0.29, 0.717) is 59.9 Å². The molecule has 90 valence electrons. The maximum absolute atomic E-state index is 12.8. The van der Waals surface area contributed by atoms with Gasteiger partial charge in [-0.3, -0.25) is 9.59 Å². The Bertz CT molecular complexity index is 529. The maximum atomic E-state index is 12.8.